The molecule has 0 aliphatic carbocycles. The Labute approximate surface area is 210 Å². The molecule has 0 amide bonds. The molecule has 178 valence electrons. The Bertz CT molecular complexity index is 1230. The van der Waals surface area contributed by atoms with Crippen molar-refractivity contribution in [2.45, 2.75) is 34.6 Å². The number of nitrogens with zero attached hydrogens (tertiary/aromatic N) is 2. The Kier molecular flexibility index (Phi) is 10.2. The van der Waals surface area contributed by atoms with Crippen molar-refractivity contribution in [3.05, 3.63) is 82.7 Å². The van der Waals surface area contributed by atoms with Crippen LogP contribution in [0.15, 0.2) is 64.0 Å². The number of hydrogen-bond acceptors (Lipinski definition) is 4. The van der Waals surface area contributed by atoms with Gasteiger partial charge in [0.1, 0.15) is 5.75 Å². The third kappa shape index (κ3) is 8.32. The number of rotatable bonds is 6. The molecule has 0 radical (unpaired) electrons. The maximum atomic E-state index is 12.2. The molecule has 2 aromatic carbocycles. The molecule has 0 bridgehead atoms. The van der Waals surface area contributed by atoms with Crippen molar-refractivity contribution in [3.63, 3.8) is 0 Å². The predicted octanol–water partition coefficient (Wildman–Crippen LogP) is 6.59. The number of aliphatic imine (C=N–C) groups is 1. The normalized spacial score (nSPS) is 12.3. The molecule has 3 rings (SSSR count). The van der Waals surface area contributed by atoms with Gasteiger partial charge < -0.3 is 9.17 Å². The fraction of sp³-hybridized carbons (Fsp3) is 0.217. The summed E-state index contributed by atoms with van der Waals surface area (Å²) in [5, 5.41) is 0. The Hall–Kier alpha value is -2.09. The van der Waals surface area contributed by atoms with Crippen LogP contribution in [0.25, 0.3) is 0 Å². The van der Waals surface area contributed by atoms with Gasteiger partial charge in [0.25, 0.3) is 0 Å². The van der Waals surface area contributed by atoms with Gasteiger partial charge in [0.2, 0.25) is 0 Å². The van der Waals surface area contributed by atoms with Crippen molar-refractivity contribution >= 4 is 47.6 Å². The van der Waals surface area contributed by atoms with Crippen molar-refractivity contribution in [2.24, 2.45) is 9.39 Å². The Morgan fingerprint density at radius 2 is 1.42 bits per heavy atom. The van der Waals surface area contributed by atoms with Gasteiger partial charge in [-0.1, -0.05) is 35.9 Å². The third-order valence-electron chi connectivity index (χ3n) is 4.57. The monoisotopic (exact) mass is 549 g/mol. The molecule has 0 aliphatic rings. The minimum atomic E-state index is -4.12. The summed E-state index contributed by atoms with van der Waals surface area (Å²) < 4.78 is 33.2. The van der Waals surface area contributed by atoms with Crippen molar-refractivity contribution in [1.29, 1.82) is 0 Å². The molecule has 3 aromatic rings. The van der Waals surface area contributed by atoms with Crippen LogP contribution in [0.2, 0.25) is 0 Å². The van der Waals surface area contributed by atoms with Gasteiger partial charge in [0, 0.05) is 0 Å². The molecule has 1 heterocycles. The van der Waals surface area contributed by atoms with Crippen molar-refractivity contribution < 1.29 is 25.7 Å². The average molecular weight is 550 g/mol. The number of aryl methyl sites for hydroxylation is 3. The zero-order valence-corrected chi connectivity index (χ0v) is 22.3. The van der Waals surface area contributed by atoms with E-state index in [4.69, 9.17) is 29.4 Å². The van der Waals surface area contributed by atoms with Crippen LogP contribution < -0.4 is 4.18 Å². The van der Waals surface area contributed by atoms with E-state index in [-0.39, 0.29) is 18.9 Å². The molecular formula is C23H25Cl2FeN3O3S. The van der Waals surface area contributed by atoms with Crippen molar-refractivity contribution in [2.75, 3.05) is 0 Å². The fourth-order valence-corrected chi connectivity index (χ4v) is 4.05. The summed E-state index contributed by atoms with van der Waals surface area (Å²) in [5.41, 5.74) is 6.84. The number of hydrogen-bond donors (Lipinski definition) is 1. The van der Waals surface area contributed by atoms with Crippen LogP contribution >= 0.6 is 20.2 Å². The topological polar surface area (TPSA) is 83.9 Å². The quantitative estimate of drug-likeness (QED) is 0.278. The van der Waals surface area contributed by atoms with Gasteiger partial charge in [-0.2, -0.15) is 8.42 Å². The number of benzene rings is 2. The summed E-state index contributed by atoms with van der Waals surface area (Å²) in [6, 6.07) is 16.1. The molecule has 0 atom stereocenters. The van der Waals surface area contributed by atoms with Gasteiger partial charge in [-0.15, -0.1) is 4.40 Å². The van der Waals surface area contributed by atoms with Crippen LogP contribution in [-0.4, -0.2) is 24.8 Å². The van der Waals surface area contributed by atoms with Crippen LogP contribution in [-0.2, 0) is 23.4 Å². The predicted molar refractivity (Wildman–Crippen MR) is 133 cm³/mol. The van der Waals surface area contributed by atoms with E-state index in [0.29, 0.717) is 11.4 Å². The van der Waals surface area contributed by atoms with Gasteiger partial charge in [0.15, 0.2) is 0 Å². The number of halogens is 2. The summed E-state index contributed by atoms with van der Waals surface area (Å²) in [7, 11) is 5.41. The van der Waals surface area contributed by atoms with E-state index in [1.807, 2.05) is 26.8 Å². The summed E-state index contributed by atoms with van der Waals surface area (Å²) in [5.74, 6) is 0.216. The average Bonchev–Trinajstić information content (AvgIpc) is 3.22. The summed E-state index contributed by atoms with van der Waals surface area (Å²) in [6.07, 6.45) is 0. The SMILES string of the molecule is CC(=Nc1c(C)cc(C)cc1C)c1ccc(/C(C)=N/S(=O)(=O)Oc2ccccc2)[nH]1.[Cl][Fe][Cl]. The second kappa shape index (κ2) is 12.4. The van der Waals surface area contributed by atoms with E-state index >= 15 is 0 Å². The first-order valence-electron chi connectivity index (χ1n) is 9.80. The molecule has 33 heavy (non-hydrogen) atoms. The molecule has 10 heteroatoms. The fourth-order valence-electron chi connectivity index (χ4n) is 3.23. The molecule has 0 saturated heterocycles. The third-order valence-corrected chi connectivity index (χ3v) is 5.47. The van der Waals surface area contributed by atoms with E-state index in [1.54, 1.807) is 43.3 Å². The van der Waals surface area contributed by atoms with Crippen LogP contribution in [0.4, 0.5) is 5.69 Å². The van der Waals surface area contributed by atoms with Gasteiger partial charge in [-0.3, -0.25) is 4.99 Å². The van der Waals surface area contributed by atoms with Gasteiger partial charge >= 0.3 is 43.6 Å². The van der Waals surface area contributed by atoms with Gasteiger partial charge in [-0.25, -0.2) is 0 Å². The first-order chi connectivity index (χ1) is 15.6. The van der Waals surface area contributed by atoms with Crippen LogP contribution in [0, 0.1) is 20.8 Å². The van der Waals surface area contributed by atoms with Gasteiger partial charge in [-0.05, 0) is 70.0 Å². The van der Waals surface area contributed by atoms with E-state index in [1.165, 1.54) is 5.56 Å². The maximum absolute atomic E-state index is 12.2. The van der Waals surface area contributed by atoms with Crippen LogP contribution in [0.3, 0.4) is 0 Å². The molecule has 0 fully saturated rings. The Morgan fingerprint density at radius 1 is 0.909 bits per heavy atom. The molecule has 1 aromatic heterocycles. The van der Waals surface area contributed by atoms with E-state index < -0.39 is 10.3 Å². The Morgan fingerprint density at radius 3 is 1.97 bits per heavy atom. The van der Waals surface area contributed by atoms with Gasteiger partial charge in [0.05, 0.1) is 28.5 Å². The standard InChI is InChI=1S/C23H25N3O3S.2ClH.Fe/c1-15-13-16(2)23(17(3)14-15)24-18(4)21-11-12-22(25-21)19(5)26-30(27,28)29-20-9-7-6-8-10-20;;;/h6-14,25H,1-5H3;2*1H;/q;;;+2/p-2/b24-18?,26-19+;;;. The van der Waals surface area contributed by atoms with E-state index in [2.05, 4.69) is 28.4 Å². The van der Waals surface area contributed by atoms with Crippen molar-refractivity contribution in [3.8, 4) is 5.75 Å². The first kappa shape index (κ1) is 27.2. The number of para-hydroxylation sites is 1. The second-order valence-electron chi connectivity index (χ2n) is 7.28. The molecule has 1 N–H and O–H groups in total. The molecule has 0 aliphatic heterocycles. The minimum absolute atomic E-state index is 0.194. The number of nitrogens with one attached hydrogen (secondary N) is 1. The molecule has 0 saturated carbocycles. The van der Waals surface area contributed by atoms with E-state index in [9.17, 15) is 8.42 Å². The summed E-state index contributed by atoms with van der Waals surface area (Å²) >= 11 is 0.194. The molecule has 0 unspecified atom stereocenters. The zero-order chi connectivity index (χ0) is 24.6. The van der Waals surface area contributed by atoms with Crippen LogP contribution in [0.5, 0.6) is 5.75 Å². The molecule has 0 spiro atoms. The van der Waals surface area contributed by atoms with Crippen molar-refractivity contribution in [1.82, 2.24) is 4.98 Å². The summed E-state index contributed by atoms with van der Waals surface area (Å²) in [4.78, 5) is 7.96. The number of H-pyrrole nitrogens is 1. The second-order valence-corrected chi connectivity index (χ2v) is 10.3. The van der Waals surface area contributed by atoms with Crippen LogP contribution in [0.1, 0.15) is 41.9 Å². The first-order valence-corrected chi connectivity index (χ1v) is 14.2. The summed E-state index contributed by atoms with van der Waals surface area (Å²) in [6.45, 7) is 9.68. The molecular weight excluding hydrogens is 525 g/mol. The molecule has 6 nitrogen and oxygen atoms in total. The number of aromatic nitrogens is 1. The van der Waals surface area contributed by atoms with E-state index in [0.717, 1.165) is 28.2 Å². The number of aromatic amines is 1. The zero-order valence-electron chi connectivity index (χ0n) is 18.8. The Balaban J connectivity index is 0.00000122.